The monoisotopic (exact) mass is 241 g/mol. The van der Waals surface area contributed by atoms with E-state index < -0.39 is 0 Å². The zero-order valence-electron chi connectivity index (χ0n) is 9.28. The van der Waals surface area contributed by atoms with E-state index in [-0.39, 0.29) is 5.75 Å². The predicted molar refractivity (Wildman–Crippen MR) is 65.6 cm³/mol. The van der Waals surface area contributed by atoms with E-state index in [2.05, 4.69) is 12.1 Å². The van der Waals surface area contributed by atoms with Gasteiger partial charge in [0.05, 0.1) is 5.71 Å². The molecule has 0 aliphatic carbocycles. The number of aromatic hydroxyl groups is 1. The van der Waals surface area contributed by atoms with Crippen molar-refractivity contribution in [3.63, 3.8) is 0 Å². The molecule has 2 N–H and O–H groups in total. The lowest BCUT2D eigenvalue weighted by Gasteiger charge is -2.07. The third kappa shape index (κ3) is 3.42. The van der Waals surface area contributed by atoms with Crippen molar-refractivity contribution in [3.8, 4) is 5.75 Å². The number of hydrogen-bond donors (Lipinski definition) is 2. The quantitative estimate of drug-likeness (QED) is 0.357. The van der Waals surface area contributed by atoms with E-state index >= 15 is 0 Å². The number of hydrogen-bond acceptors (Lipinski definition) is 3. The number of unbranched alkanes of at least 4 members (excludes halogenated alkanes) is 2. The molecule has 0 radical (unpaired) electrons. The maximum Gasteiger partial charge on any atom is 0.124 e. The topological polar surface area (TPSA) is 52.8 Å². The predicted octanol–water partition coefficient (Wildman–Crippen LogP) is 3.80. The highest BCUT2D eigenvalue weighted by Gasteiger charge is 2.10. The lowest BCUT2D eigenvalue weighted by molar-refractivity contribution is 0.317. The van der Waals surface area contributed by atoms with Crippen molar-refractivity contribution in [1.82, 2.24) is 0 Å². The van der Waals surface area contributed by atoms with Crippen molar-refractivity contribution < 1.29 is 10.3 Å². The molecule has 3 nitrogen and oxygen atoms in total. The van der Waals surface area contributed by atoms with Crippen molar-refractivity contribution in [2.45, 2.75) is 32.6 Å². The Balaban J connectivity index is 2.83. The number of phenols is 1. The van der Waals surface area contributed by atoms with Crippen LogP contribution in [0, 0.1) is 0 Å². The molecule has 0 aliphatic heterocycles. The Morgan fingerprint density at radius 2 is 2.12 bits per heavy atom. The van der Waals surface area contributed by atoms with Gasteiger partial charge in [-0.05, 0) is 31.0 Å². The van der Waals surface area contributed by atoms with Crippen LogP contribution in [0.15, 0.2) is 23.4 Å². The van der Waals surface area contributed by atoms with Crippen LogP contribution in [-0.4, -0.2) is 16.0 Å². The van der Waals surface area contributed by atoms with E-state index in [1.54, 1.807) is 12.1 Å². The lowest BCUT2D eigenvalue weighted by Crippen LogP contribution is -2.01. The fraction of sp³-hybridized carbons (Fsp3) is 0.417. The minimum Gasteiger partial charge on any atom is -0.507 e. The largest absolute Gasteiger partial charge is 0.507 e. The summed E-state index contributed by atoms with van der Waals surface area (Å²) in [6, 6.07) is 4.71. The average molecular weight is 242 g/mol. The highest BCUT2D eigenvalue weighted by molar-refractivity contribution is 6.31. The van der Waals surface area contributed by atoms with Crippen LogP contribution < -0.4 is 0 Å². The van der Waals surface area contributed by atoms with Gasteiger partial charge in [-0.15, -0.1) is 0 Å². The van der Waals surface area contributed by atoms with Crippen molar-refractivity contribution in [2.75, 3.05) is 0 Å². The van der Waals surface area contributed by atoms with Crippen LogP contribution in [-0.2, 0) is 0 Å². The standard InChI is InChI=1S/C12H16ClNO2/c1-2-3-4-5-11(14-16)10-8-9(13)6-7-12(10)15/h6-8,15-16H,2-5H2,1H3. The van der Waals surface area contributed by atoms with Gasteiger partial charge in [-0.25, -0.2) is 0 Å². The fourth-order valence-corrected chi connectivity index (χ4v) is 1.69. The summed E-state index contributed by atoms with van der Waals surface area (Å²) in [5, 5.41) is 22.3. The Labute approximate surface area is 100 Å². The van der Waals surface area contributed by atoms with E-state index in [0.29, 0.717) is 22.7 Å². The Hall–Kier alpha value is -1.22. The van der Waals surface area contributed by atoms with Crippen LogP contribution in [0.3, 0.4) is 0 Å². The summed E-state index contributed by atoms with van der Waals surface area (Å²) in [4.78, 5) is 0. The highest BCUT2D eigenvalue weighted by atomic mass is 35.5. The van der Waals surface area contributed by atoms with Gasteiger partial charge in [0.25, 0.3) is 0 Å². The van der Waals surface area contributed by atoms with Gasteiger partial charge >= 0.3 is 0 Å². The molecule has 0 unspecified atom stereocenters. The second-order valence-electron chi connectivity index (χ2n) is 3.67. The van der Waals surface area contributed by atoms with Crippen molar-refractivity contribution in [2.24, 2.45) is 5.16 Å². The van der Waals surface area contributed by atoms with Gasteiger partial charge < -0.3 is 10.3 Å². The second-order valence-corrected chi connectivity index (χ2v) is 4.10. The number of benzene rings is 1. The molecule has 4 heteroatoms. The second kappa shape index (κ2) is 6.38. The number of nitrogens with zero attached hydrogens (tertiary/aromatic N) is 1. The molecule has 1 aromatic carbocycles. The maximum absolute atomic E-state index is 9.64. The number of oxime groups is 1. The molecular weight excluding hydrogens is 226 g/mol. The number of phenolic OH excluding ortho intramolecular Hbond substituents is 1. The van der Waals surface area contributed by atoms with E-state index in [1.807, 2.05) is 0 Å². The molecule has 88 valence electrons. The molecule has 0 saturated heterocycles. The van der Waals surface area contributed by atoms with Crippen LogP contribution in [0.4, 0.5) is 0 Å². The molecule has 0 aliphatic rings. The van der Waals surface area contributed by atoms with Gasteiger partial charge in [0.15, 0.2) is 0 Å². The van der Waals surface area contributed by atoms with Crippen LogP contribution in [0.25, 0.3) is 0 Å². The lowest BCUT2D eigenvalue weighted by atomic mass is 10.0. The molecule has 0 saturated carbocycles. The molecule has 0 spiro atoms. The number of rotatable bonds is 5. The van der Waals surface area contributed by atoms with E-state index in [9.17, 15) is 5.11 Å². The summed E-state index contributed by atoms with van der Waals surface area (Å²) in [6.45, 7) is 2.10. The minimum atomic E-state index is 0.0914. The molecule has 0 amide bonds. The summed E-state index contributed by atoms with van der Waals surface area (Å²) in [6.07, 6.45) is 3.74. The normalized spacial score (nSPS) is 11.8. The molecule has 0 bridgehead atoms. The Kier molecular flexibility index (Phi) is 5.12. The van der Waals surface area contributed by atoms with Crippen LogP contribution in [0.5, 0.6) is 5.75 Å². The molecular formula is C12H16ClNO2. The smallest absolute Gasteiger partial charge is 0.124 e. The molecule has 0 fully saturated rings. The maximum atomic E-state index is 9.64. The van der Waals surface area contributed by atoms with Crippen molar-refractivity contribution in [3.05, 3.63) is 28.8 Å². The zero-order valence-corrected chi connectivity index (χ0v) is 10.0. The van der Waals surface area contributed by atoms with Crippen molar-refractivity contribution in [1.29, 1.82) is 0 Å². The van der Waals surface area contributed by atoms with Gasteiger partial charge in [-0.1, -0.05) is 36.5 Å². The van der Waals surface area contributed by atoms with Gasteiger partial charge in [0.2, 0.25) is 0 Å². The zero-order chi connectivity index (χ0) is 12.0. The third-order valence-corrected chi connectivity index (χ3v) is 2.64. The first-order valence-corrected chi connectivity index (χ1v) is 5.76. The highest BCUT2D eigenvalue weighted by Crippen LogP contribution is 2.24. The van der Waals surface area contributed by atoms with Crippen LogP contribution in [0.1, 0.15) is 38.2 Å². The molecule has 1 rings (SSSR count). The third-order valence-electron chi connectivity index (χ3n) is 2.41. The minimum absolute atomic E-state index is 0.0914. The van der Waals surface area contributed by atoms with Gasteiger partial charge in [-0.2, -0.15) is 0 Å². The van der Waals surface area contributed by atoms with E-state index in [0.717, 1.165) is 19.3 Å². The van der Waals surface area contributed by atoms with Gasteiger partial charge in [0, 0.05) is 10.6 Å². The SMILES string of the molecule is CCCCCC(=NO)c1cc(Cl)ccc1O. The summed E-state index contributed by atoms with van der Waals surface area (Å²) in [7, 11) is 0. The molecule has 0 heterocycles. The van der Waals surface area contributed by atoms with E-state index in [4.69, 9.17) is 16.8 Å². The first kappa shape index (κ1) is 12.8. The summed E-state index contributed by atoms with van der Waals surface area (Å²) in [5.41, 5.74) is 0.986. The first-order chi connectivity index (χ1) is 7.69. The number of halogens is 1. The first-order valence-electron chi connectivity index (χ1n) is 5.38. The average Bonchev–Trinajstić information content (AvgIpc) is 2.28. The molecule has 1 aromatic rings. The molecule has 0 atom stereocenters. The fourth-order valence-electron chi connectivity index (χ4n) is 1.52. The molecule has 0 aromatic heterocycles. The van der Waals surface area contributed by atoms with Gasteiger partial charge in [-0.3, -0.25) is 0 Å². The van der Waals surface area contributed by atoms with Gasteiger partial charge in [0.1, 0.15) is 5.75 Å². The Bertz CT molecular complexity index is 377. The Morgan fingerprint density at radius 3 is 2.75 bits per heavy atom. The van der Waals surface area contributed by atoms with E-state index in [1.165, 1.54) is 6.07 Å². The van der Waals surface area contributed by atoms with Crippen molar-refractivity contribution >= 4 is 17.3 Å². The van der Waals surface area contributed by atoms with Crippen LogP contribution in [0.2, 0.25) is 5.02 Å². The molecule has 16 heavy (non-hydrogen) atoms. The summed E-state index contributed by atoms with van der Waals surface area (Å²) < 4.78 is 0. The summed E-state index contributed by atoms with van der Waals surface area (Å²) >= 11 is 5.83. The summed E-state index contributed by atoms with van der Waals surface area (Å²) in [5.74, 6) is 0.0914. The van der Waals surface area contributed by atoms with Crippen LogP contribution >= 0.6 is 11.6 Å². The Morgan fingerprint density at radius 1 is 1.38 bits per heavy atom.